The first-order valence-electron chi connectivity index (χ1n) is 11.3. The van der Waals surface area contributed by atoms with E-state index in [1.807, 2.05) is 54.6 Å². The second kappa shape index (κ2) is 13.7. The molecule has 0 aliphatic heterocycles. The Kier molecular flexibility index (Phi) is 10.1. The molecule has 0 aliphatic carbocycles. The van der Waals surface area contributed by atoms with Gasteiger partial charge in [-0.05, 0) is 29.8 Å². The molecule has 35 heavy (non-hydrogen) atoms. The van der Waals surface area contributed by atoms with Crippen molar-refractivity contribution in [2.75, 3.05) is 36.8 Å². The quantitative estimate of drug-likeness (QED) is 0.285. The molecule has 3 rings (SSSR count). The monoisotopic (exact) mass is 492 g/mol. The lowest BCUT2D eigenvalue weighted by atomic mass is 10.2. The number of carbonyl (C=O) groups excluding carboxylic acids is 2. The second-order valence-electron chi connectivity index (χ2n) is 7.67. The van der Waals surface area contributed by atoms with Crippen LogP contribution < -0.4 is 21.3 Å². The third-order valence-electron chi connectivity index (χ3n) is 4.80. The summed E-state index contributed by atoms with van der Waals surface area (Å²) in [5.74, 6) is 1.63. The molecule has 1 aromatic heterocycles. The molecule has 0 radical (unpaired) electrons. The molecule has 1 heterocycles. The van der Waals surface area contributed by atoms with Crippen molar-refractivity contribution in [1.29, 1.82) is 0 Å². The highest BCUT2D eigenvalue weighted by Crippen LogP contribution is 2.22. The molecule has 4 N–H and O–H groups in total. The van der Waals surface area contributed by atoms with Crippen LogP contribution in [0.2, 0.25) is 5.02 Å². The number of anilines is 2. The molecule has 0 saturated heterocycles. The maximum absolute atomic E-state index is 12.1. The predicted octanol–water partition coefficient (Wildman–Crippen LogP) is 3.98. The van der Waals surface area contributed by atoms with Crippen molar-refractivity contribution in [3.63, 3.8) is 0 Å². The third kappa shape index (κ3) is 9.46. The van der Waals surface area contributed by atoms with Crippen LogP contribution in [0.25, 0.3) is 17.5 Å². The van der Waals surface area contributed by atoms with E-state index in [1.54, 1.807) is 18.2 Å². The summed E-state index contributed by atoms with van der Waals surface area (Å²) in [6.45, 7) is 3.41. The Hall–Kier alpha value is -3.91. The first-order valence-corrected chi connectivity index (χ1v) is 11.7. The van der Waals surface area contributed by atoms with Gasteiger partial charge in [-0.3, -0.25) is 9.59 Å². The molecular formula is C26H29ClN6O2. The highest BCUT2D eigenvalue weighted by Gasteiger charge is 2.08. The smallest absolute Gasteiger partial charge is 0.223 e. The van der Waals surface area contributed by atoms with Crippen molar-refractivity contribution in [1.82, 2.24) is 20.6 Å². The fourth-order valence-corrected chi connectivity index (χ4v) is 3.24. The van der Waals surface area contributed by atoms with Gasteiger partial charge in [-0.2, -0.15) is 0 Å². The average Bonchev–Trinajstić information content (AvgIpc) is 2.85. The number of rotatable bonds is 12. The molecule has 0 fully saturated rings. The summed E-state index contributed by atoms with van der Waals surface area (Å²) < 4.78 is 0. The van der Waals surface area contributed by atoms with Crippen LogP contribution in [0, 0.1) is 0 Å². The zero-order valence-electron chi connectivity index (χ0n) is 19.6. The predicted molar refractivity (Wildman–Crippen MR) is 141 cm³/mol. The summed E-state index contributed by atoms with van der Waals surface area (Å²) in [6, 6.07) is 18.9. The fraction of sp³-hybridized carbons (Fsp3) is 0.231. The van der Waals surface area contributed by atoms with E-state index in [0.29, 0.717) is 55.1 Å². The zero-order chi connectivity index (χ0) is 24.9. The minimum absolute atomic E-state index is 0.0520. The minimum atomic E-state index is -0.0868. The Morgan fingerprint density at radius 3 is 2.11 bits per heavy atom. The summed E-state index contributed by atoms with van der Waals surface area (Å²) in [5, 5.41) is 12.7. The number of aromatic nitrogens is 2. The van der Waals surface area contributed by atoms with Crippen LogP contribution in [0.5, 0.6) is 0 Å². The Morgan fingerprint density at radius 1 is 0.857 bits per heavy atom. The van der Waals surface area contributed by atoms with Crippen molar-refractivity contribution >= 4 is 41.1 Å². The molecule has 3 aromatic rings. The highest BCUT2D eigenvalue weighted by atomic mass is 35.5. The molecule has 0 unspecified atom stereocenters. The van der Waals surface area contributed by atoms with Gasteiger partial charge in [0.25, 0.3) is 0 Å². The number of amides is 2. The fourth-order valence-electron chi connectivity index (χ4n) is 3.12. The van der Waals surface area contributed by atoms with Crippen LogP contribution in [-0.2, 0) is 9.59 Å². The first kappa shape index (κ1) is 25.7. The average molecular weight is 493 g/mol. The van der Waals surface area contributed by atoms with Crippen molar-refractivity contribution in [3.8, 4) is 11.4 Å². The SMILES string of the molecule is CC(=O)NCCNc1cc(NCCNC(=O)CC=Cc2ccccc2)nc(-c2ccc(Cl)cc2)n1. The summed E-state index contributed by atoms with van der Waals surface area (Å²) in [6.07, 6.45) is 4.09. The van der Waals surface area contributed by atoms with Crippen LogP contribution in [0.3, 0.4) is 0 Å². The van der Waals surface area contributed by atoms with E-state index in [-0.39, 0.29) is 11.8 Å². The molecule has 9 heteroatoms. The highest BCUT2D eigenvalue weighted by molar-refractivity contribution is 6.30. The van der Waals surface area contributed by atoms with Crippen LogP contribution in [-0.4, -0.2) is 48.0 Å². The molecule has 2 aromatic carbocycles. The Labute approximate surface area is 210 Å². The second-order valence-corrected chi connectivity index (χ2v) is 8.11. The normalized spacial score (nSPS) is 10.7. The standard InChI is InChI=1S/C26H29ClN6O2/c1-19(34)28-14-15-29-23-18-24(33-26(32-23)21-10-12-22(27)13-11-21)30-16-17-31-25(35)9-5-8-20-6-3-2-4-7-20/h2-8,10-13,18H,9,14-17H2,1H3,(H,28,34)(H,31,35)(H2,29,30,32,33). The van der Waals surface area contributed by atoms with Crippen LogP contribution in [0.4, 0.5) is 11.6 Å². The summed E-state index contributed by atoms with van der Waals surface area (Å²) in [4.78, 5) is 32.3. The maximum Gasteiger partial charge on any atom is 0.223 e. The number of benzene rings is 2. The number of nitrogens with one attached hydrogen (secondary N) is 4. The molecule has 0 saturated carbocycles. The first-order chi connectivity index (χ1) is 17.0. The molecule has 0 bridgehead atoms. The molecule has 0 aliphatic rings. The summed E-state index contributed by atoms with van der Waals surface area (Å²) in [5.41, 5.74) is 1.88. The summed E-state index contributed by atoms with van der Waals surface area (Å²) in [7, 11) is 0. The third-order valence-corrected chi connectivity index (χ3v) is 5.05. The zero-order valence-corrected chi connectivity index (χ0v) is 20.3. The Balaban J connectivity index is 1.54. The topological polar surface area (TPSA) is 108 Å². The van der Waals surface area contributed by atoms with Crippen molar-refractivity contribution < 1.29 is 9.59 Å². The van der Waals surface area contributed by atoms with Gasteiger partial charge in [0.05, 0.1) is 0 Å². The molecule has 182 valence electrons. The number of nitrogens with zero attached hydrogens (tertiary/aromatic N) is 2. The van der Waals surface area contributed by atoms with E-state index in [9.17, 15) is 9.59 Å². The molecule has 0 spiro atoms. The van der Waals surface area contributed by atoms with Crippen LogP contribution in [0.1, 0.15) is 18.9 Å². The summed E-state index contributed by atoms with van der Waals surface area (Å²) >= 11 is 6.01. The molecule has 2 amide bonds. The van der Waals surface area contributed by atoms with Gasteiger partial charge in [0.1, 0.15) is 11.6 Å². The molecule has 8 nitrogen and oxygen atoms in total. The van der Waals surface area contributed by atoms with Gasteiger partial charge in [0, 0.05) is 56.2 Å². The van der Waals surface area contributed by atoms with Crippen LogP contribution >= 0.6 is 11.6 Å². The van der Waals surface area contributed by atoms with Crippen molar-refractivity contribution in [2.24, 2.45) is 0 Å². The van der Waals surface area contributed by atoms with Gasteiger partial charge in [-0.1, -0.05) is 54.1 Å². The maximum atomic E-state index is 12.1. The van der Waals surface area contributed by atoms with Crippen molar-refractivity contribution in [3.05, 3.63) is 77.3 Å². The number of halogens is 1. The van der Waals surface area contributed by atoms with Crippen molar-refractivity contribution in [2.45, 2.75) is 13.3 Å². The van der Waals surface area contributed by atoms with E-state index in [1.165, 1.54) is 6.92 Å². The van der Waals surface area contributed by atoms with E-state index in [2.05, 4.69) is 31.2 Å². The Morgan fingerprint density at radius 2 is 1.49 bits per heavy atom. The minimum Gasteiger partial charge on any atom is -0.368 e. The van der Waals surface area contributed by atoms with E-state index >= 15 is 0 Å². The lowest BCUT2D eigenvalue weighted by Gasteiger charge is -2.12. The molecular weight excluding hydrogens is 464 g/mol. The van der Waals surface area contributed by atoms with E-state index in [4.69, 9.17) is 11.6 Å². The van der Waals surface area contributed by atoms with Crippen LogP contribution in [0.15, 0.2) is 66.7 Å². The number of hydrogen-bond acceptors (Lipinski definition) is 6. The van der Waals surface area contributed by atoms with E-state index in [0.717, 1.165) is 11.1 Å². The van der Waals surface area contributed by atoms with Gasteiger partial charge in [-0.25, -0.2) is 9.97 Å². The lowest BCUT2D eigenvalue weighted by molar-refractivity contribution is -0.120. The largest absolute Gasteiger partial charge is 0.368 e. The lowest BCUT2D eigenvalue weighted by Crippen LogP contribution is -2.28. The van der Waals surface area contributed by atoms with Gasteiger partial charge < -0.3 is 21.3 Å². The van der Waals surface area contributed by atoms with Gasteiger partial charge in [0.2, 0.25) is 11.8 Å². The van der Waals surface area contributed by atoms with Gasteiger partial charge in [-0.15, -0.1) is 0 Å². The number of hydrogen-bond donors (Lipinski definition) is 4. The van der Waals surface area contributed by atoms with Gasteiger partial charge >= 0.3 is 0 Å². The molecule has 0 atom stereocenters. The van der Waals surface area contributed by atoms with E-state index < -0.39 is 0 Å². The number of carbonyl (C=O) groups is 2. The Bertz CT molecular complexity index is 1140. The van der Waals surface area contributed by atoms with Gasteiger partial charge in [0.15, 0.2) is 5.82 Å².